The number of pyridine rings is 1. The number of para-hydroxylation sites is 1. The van der Waals surface area contributed by atoms with Gasteiger partial charge in [0.25, 0.3) is 0 Å². The van der Waals surface area contributed by atoms with Crippen LogP contribution in [0.15, 0.2) is 47.1 Å². The first kappa shape index (κ1) is 16.2. The predicted molar refractivity (Wildman–Crippen MR) is 90.6 cm³/mol. The van der Waals surface area contributed by atoms with E-state index < -0.39 is 0 Å². The normalized spacial score (nSPS) is 12.3. The van der Waals surface area contributed by atoms with E-state index in [1.807, 2.05) is 43.3 Å². The highest BCUT2D eigenvalue weighted by Crippen LogP contribution is 2.23. The number of hydrogen-bond acceptors (Lipinski definition) is 4. The van der Waals surface area contributed by atoms with Crippen LogP contribution in [0.4, 0.5) is 0 Å². The maximum atomic E-state index is 12.3. The Kier molecular flexibility index (Phi) is 4.62. The van der Waals surface area contributed by atoms with Crippen molar-refractivity contribution in [3.05, 3.63) is 65.2 Å². The monoisotopic (exact) mass is 325 g/mol. The second-order valence-corrected chi connectivity index (χ2v) is 5.81. The molecular weight excluding hydrogens is 304 g/mol. The van der Waals surface area contributed by atoms with E-state index in [9.17, 15) is 4.79 Å². The molecule has 0 saturated heterocycles. The Labute approximate surface area is 140 Å². The Hall–Kier alpha value is -2.66. The van der Waals surface area contributed by atoms with E-state index >= 15 is 0 Å². The van der Waals surface area contributed by atoms with Crippen molar-refractivity contribution in [1.29, 1.82) is 0 Å². The summed E-state index contributed by atoms with van der Waals surface area (Å²) in [6.45, 7) is 4.57. The van der Waals surface area contributed by atoms with E-state index in [2.05, 4.69) is 12.2 Å². The summed E-state index contributed by atoms with van der Waals surface area (Å²) in [5.41, 5.74) is 3.08. The number of benzene rings is 1. The predicted octanol–water partition coefficient (Wildman–Crippen LogP) is 2.75. The first-order chi connectivity index (χ1) is 11.6. The number of carbonyl (C=O) groups excluding carboxylic acids is 1. The molecule has 0 saturated carbocycles. The minimum absolute atomic E-state index is 0.138. The summed E-state index contributed by atoms with van der Waals surface area (Å²) < 4.78 is 10.4. The molecule has 2 heterocycles. The van der Waals surface area contributed by atoms with Crippen LogP contribution in [0.2, 0.25) is 0 Å². The maximum Gasteiger partial charge on any atom is 0.340 e. The third-order valence-electron chi connectivity index (χ3n) is 4.27. The molecule has 0 aliphatic heterocycles. The number of carbonyl (C=O) groups is 1. The maximum absolute atomic E-state index is 12.3. The average molecular weight is 325 g/mol. The highest BCUT2D eigenvalue weighted by molar-refractivity contribution is 5.98. The largest absolute Gasteiger partial charge is 0.465 e. The van der Waals surface area contributed by atoms with Crippen LogP contribution in [0.1, 0.15) is 40.3 Å². The van der Waals surface area contributed by atoms with Gasteiger partial charge in [0.05, 0.1) is 24.5 Å². The second-order valence-electron chi connectivity index (χ2n) is 5.81. The van der Waals surface area contributed by atoms with Gasteiger partial charge in [0.1, 0.15) is 18.3 Å². The molecule has 5 nitrogen and oxygen atoms in total. The van der Waals surface area contributed by atoms with E-state index in [1.54, 1.807) is 6.26 Å². The van der Waals surface area contributed by atoms with Gasteiger partial charge in [-0.1, -0.05) is 18.2 Å². The van der Waals surface area contributed by atoms with Crippen LogP contribution in [0.3, 0.4) is 0 Å². The molecule has 1 atom stereocenters. The number of hydrogen-bond donors (Lipinski definition) is 1. The van der Waals surface area contributed by atoms with Crippen LogP contribution >= 0.6 is 0 Å². The van der Waals surface area contributed by atoms with Crippen molar-refractivity contribution in [3.63, 3.8) is 0 Å². The Morgan fingerprint density at radius 2 is 2.08 bits per heavy atom. The van der Waals surface area contributed by atoms with Crippen LogP contribution in [0.5, 0.6) is 0 Å². The summed E-state index contributed by atoms with van der Waals surface area (Å²) in [6, 6.07) is 11.8. The van der Waals surface area contributed by atoms with Crippen molar-refractivity contribution in [2.45, 2.75) is 26.4 Å². The first-order valence-electron chi connectivity index (χ1n) is 7.95. The van der Waals surface area contributed by atoms with Gasteiger partial charge in [-0.25, -0.2) is 9.78 Å². The van der Waals surface area contributed by atoms with Gasteiger partial charge in [-0.3, -0.25) is 0 Å². The summed E-state index contributed by atoms with van der Waals surface area (Å²) in [6.07, 6.45) is 1.66. The summed E-state index contributed by atoms with van der Waals surface area (Å²) in [5, 5.41) is 3.07. The zero-order valence-corrected chi connectivity index (χ0v) is 14.1. The second kappa shape index (κ2) is 6.84. The van der Waals surface area contributed by atoms with E-state index in [4.69, 9.17) is 14.1 Å². The molecule has 3 aromatic rings. The van der Waals surface area contributed by atoms with Gasteiger partial charge < -0.3 is 14.5 Å². The van der Waals surface area contributed by atoms with Crippen LogP contribution in [-0.4, -0.2) is 18.1 Å². The standard InChI is InChI=1S/C19H20N2O3/c1-12-14-7-4-5-8-15(14)21-16(18(12)19(22)23-3)11-20-13(2)17-9-6-10-24-17/h4-10,13,20H,11H2,1-3H3/p+1/t13-/m0/s1. The third-order valence-corrected chi connectivity index (χ3v) is 4.27. The van der Waals surface area contributed by atoms with Crippen LogP contribution in [0.25, 0.3) is 10.9 Å². The van der Waals surface area contributed by atoms with Crippen molar-refractivity contribution in [2.24, 2.45) is 0 Å². The Morgan fingerprint density at radius 1 is 1.29 bits per heavy atom. The molecule has 0 radical (unpaired) electrons. The fourth-order valence-corrected chi connectivity index (χ4v) is 2.92. The SMILES string of the molecule is COC(=O)c1c(C[NH2+][C@@H](C)c2ccco2)nc2ccccc2c1C. The zero-order chi connectivity index (χ0) is 17.1. The number of rotatable bonds is 5. The molecule has 0 aliphatic rings. The molecule has 2 N–H and O–H groups in total. The molecule has 2 aromatic heterocycles. The molecule has 3 rings (SSSR count). The number of ether oxygens (including phenoxy) is 1. The molecular formula is C19H21N2O3+. The van der Waals surface area contributed by atoms with E-state index in [-0.39, 0.29) is 12.0 Å². The highest BCUT2D eigenvalue weighted by atomic mass is 16.5. The molecule has 0 unspecified atom stereocenters. The average Bonchev–Trinajstić information content (AvgIpc) is 3.14. The smallest absolute Gasteiger partial charge is 0.340 e. The lowest BCUT2D eigenvalue weighted by Crippen LogP contribution is -2.83. The first-order valence-corrected chi connectivity index (χ1v) is 7.95. The fourth-order valence-electron chi connectivity index (χ4n) is 2.92. The number of nitrogens with two attached hydrogens (primary N) is 1. The van der Waals surface area contributed by atoms with Crippen molar-refractivity contribution < 1.29 is 19.3 Å². The highest BCUT2D eigenvalue weighted by Gasteiger charge is 2.21. The number of quaternary nitrogens is 1. The molecule has 1 aromatic carbocycles. The number of nitrogens with zero attached hydrogens (tertiary/aromatic N) is 1. The fraction of sp³-hybridized carbons (Fsp3) is 0.263. The van der Waals surface area contributed by atoms with Crippen LogP contribution in [0, 0.1) is 6.92 Å². The number of aryl methyl sites for hydroxylation is 1. The Bertz CT molecular complexity index is 856. The van der Waals surface area contributed by atoms with Crippen LogP contribution in [-0.2, 0) is 11.3 Å². The topological polar surface area (TPSA) is 68.9 Å². The van der Waals surface area contributed by atoms with Gasteiger partial charge in [-0.15, -0.1) is 0 Å². The molecule has 0 amide bonds. The van der Waals surface area contributed by atoms with Gasteiger partial charge in [0, 0.05) is 5.39 Å². The van der Waals surface area contributed by atoms with Crippen molar-refractivity contribution >= 4 is 16.9 Å². The molecule has 124 valence electrons. The number of aromatic nitrogens is 1. The quantitative estimate of drug-likeness (QED) is 0.732. The molecule has 5 heteroatoms. The number of fused-ring (bicyclic) bond motifs is 1. The lowest BCUT2D eigenvalue weighted by Gasteiger charge is -2.14. The number of furan rings is 1. The Balaban J connectivity index is 1.97. The number of methoxy groups -OCH3 is 1. The summed E-state index contributed by atoms with van der Waals surface area (Å²) in [5.74, 6) is 0.548. The van der Waals surface area contributed by atoms with Gasteiger partial charge in [-0.2, -0.15) is 0 Å². The van der Waals surface area contributed by atoms with E-state index in [0.29, 0.717) is 12.1 Å². The minimum atomic E-state index is -0.347. The van der Waals surface area contributed by atoms with E-state index in [0.717, 1.165) is 27.9 Å². The van der Waals surface area contributed by atoms with Gasteiger partial charge in [-0.05, 0) is 37.6 Å². The molecule has 0 fully saturated rings. The summed E-state index contributed by atoms with van der Waals surface area (Å²) >= 11 is 0. The Morgan fingerprint density at radius 3 is 2.79 bits per heavy atom. The zero-order valence-electron chi connectivity index (χ0n) is 14.1. The van der Waals surface area contributed by atoms with Crippen molar-refractivity contribution in [2.75, 3.05) is 7.11 Å². The van der Waals surface area contributed by atoms with E-state index in [1.165, 1.54) is 7.11 Å². The molecule has 0 spiro atoms. The minimum Gasteiger partial charge on any atom is -0.465 e. The molecule has 0 bridgehead atoms. The summed E-state index contributed by atoms with van der Waals surface area (Å²) in [7, 11) is 1.40. The van der Waals surface area contributed by atoms with Gasteiger partial charge in [0.2, 0.25) is 0 Å². The third kappa shape index (κ3) is 3.03. The lowest BCUT2D eigenvalue weighted by molar-refractivity contribution is -0.710. The number of esters is 1. The van der Waals surface area contributed by atoms with Gasteiger partial charge >= 0.3 is 5.97 Å². The lowest BCUT2D eigenvalue weighted by atomic mass is 10.0. The van der Waals surface area contributed by atoms with Gasteiger partial charge in [0.15, 0.2) is 5.76 Å². The van der Waals surface area contributed by atoms with Crippen molar-refractivity contribution in [3.8, 4) is 0 Å². The van der Waals surface area contributed by atoms with Crippen LogP contribution < -0.4 is 5.32 Å². The molecule has 24 heavy (non-hydrogen) atoms. The molecule has 0 aliphatic carbocycles. The summed E-state index contributed by atoms with van der Waals surface area (Å²) in [4.78, 5) is 17.0. The van der Waals surface area contributed by atoms with Crippen molar-refractivity contribution in [1.82, 2.24) is 4.98 Å².